The lowest BCUT2D eigenvalue weighted by Crippen LogP contribution is -2.45. The van der Waals surface area contributed by atoms with E-state index in [0.29, 0.717) is 25.9 Å². The Kier molecular flexibility index (Phi) is 5.58. The Labute approximate surface area is 132 Å². The van der Waals surface area contributed by atoms with Gasteiger partial charge >= 0.3 is 0 Å². The molecule has 4 nitrogen and oxygen atoms in total. The normalized spacial score (nSPS) is 15.2. The van der Waals surface area contributed by atoms with Gasteiger partial charge in [0.15, 0.2) is 0 Å². The molecule has 120 valence electrons. The van der Waals surface area contributed by atoms with Gasteiger partial charge < -0.3 is 10.2 Å². The number of rotatable bonds is 8. The van der Waals surface area contributed by atoms with Gasteiger partial charge in [-0.15, -0.1) is 0 Å². The number of hydrogen-bond acceptors (Lipinski definition) is 2. The first-order valence-corrected chi connectivity index (χ1v) is 8.31. The molecule has 1 aliphatic rings. The molecule has 1 saturated carbocycles. The Hall–Kier alpha value is -1.84. The van der Waals surface area contributed by atoms with Gasteiger partial charge in [-0.05, 0) is 38.3 Å². The van der Waals surface area contributed by atoms with E-state index in [1.54, 1.807) is 4.90 Å². The molecule has 0 radical (unpaired) electrons. The van der Waals surface area contributed by atoms with Gasteiger partial charge in [-0.25, -0.2) is 0 Å². The third-order valence-corrected chi connectivity index (χ3v) is 4.29. The SMILES string of the molecule is CCCCCNC(=O)C1(C(=O)N(CC)c2ccccc2)CC1. The zero-order chi connectivity index (χ0) is 16.0. The molecule has 2 amide bonds. The van der Waals surface area contributed by atoms with Crippen molar-refractivity contribution in [1.29, 1.82) is 0 Å². The van der Waals surface area contributed by atoms with Gasteiger partial charge in [0.05, 0.1) is 0 Å². The highest BCUT2D eigenvalue weighted by Crippen LogP contribution is 2.48. The van der Waals surface area contributed by atoms with Crippen molar-refractivity contribution in [3.63, 3.8) is 0 Å². The van der Waals surface area contributed by atoms with Crippen LogP contribution in [0, 0.1) is 5.41 Å². The largest absolute Gasteiger partial charge is 0.355 e. The summed E-state index contributed by atoms with van der Waals surface area (Å²) < 4.78 is 0. The van der Waals surface area contributed by atoms with Gasteiger partial charge in [0, 0.05) is 18.8 Å². The van der Waals surface area contributed by atoms with E-state index >= 15 is 0 Å². The third-order valence-electron chi connectivity index (χ3n) is 4.29. The molecule has 0 aromatic heterocycles. The molecule has 1 aromatic carbocycles. The summed E-state index contributed by atoms with van der Waals surface area (Å²) in [4.78, 5) is 27.0. The zero-order valence-corrected chi connectivity index (χ0v) is 13.6. The predicted octanol–water partition coefficient (Wildman–Crippen LogP) is 3.13. The summed E-state index contributed by atoms with van der Waals surface area (Å²) in [5.74, 6) is -0.155. The molecule has 0 saturated heterocycles. The molecule has 0 unspecified atom stereocenters. The molecule has 0 aliphatic heterocycles. The van der Waals surface area contributed by atoms with Crippen molar-refractivity contribution < 1.29 is 9.59 Å². The number of para-hydroxylation sites is 1. The van der Waals surface area contributed by atoms with Crippen molar-refractivity contribution in [3.8, 4) is 0 Å². The molecule has 1 fully saturated rings. The van der Waals surface area contributed by atoms with E-state index < -0.39 is 5.41 Å². The zero-order valence-electron chi connectivity index (χ0n) is 13.6. The van der Waals surface area contributed by atoms with Crippen LogP contribution in [-0.2, 0) is 9.59 Å². The van der Waals surface area contributed by atoms with E-state index in [-0.39, 0.29) is 11.8 Å². The molecule has 0 atom stereocenters. The number of anilines is 1. The van der Waals surface area contributed by atoms with Crippen LogP contribution in [0.5, 0.6) is 0 Å². The molecule has 22 heavy (non-hydrogen) atoms. The maximum atomic E-state index is 12.9. The van der Waals surface area contributed by atoms with Crippen LogP contribution in [0.1, 0.15) is 46.0 Å². The minimum absolute atomic E-state index is 0.0609. The van der Waals surface area contributed by atoms with Gasteiger partial charge in [0.2, 0.25) is 11.8 Å². The van der Waals surface area contributed by atoms with Crippen LogP contribution in [0.3, 0.4) is 0 Å². The lowest BCUT2D eigenvalue weighted by atomic mass is 10.0. The summed E-state index contributed by atoms with van der Waals surface area (Å²) in [5.41, 5.74) is 0.0398. The fourth-order valence-electron chi connectivity index (χ4n) is 2.72. The highest BCUT2D eigenvalue weighted by atomic mass is 16.2. The minimum Gasteiger partial charge on any atom is -0.355 e. The number of unbranched alkanes of at least 4 members (excludes halogenated alkanes) is 2. The molecule has 1 aromatic rings. The molecule has 0 spiro atoms. The van der Waals surface area contributed by atoms with Crippen LogP contribution in [0.25, 0.3) is 0 Å². The van der Waals surface area contributed by atoms with Crippen LogP contribution in [0.15, 0.2) is 30.3 Å². The predicted molar refractivity (Wildman–Crippen MR) is 88.7 cm³/mol. The smallest absolute Gasteiger partial charge is 0.242 e. The summed E-state index contributed by atoms with van der Waals surface area (Å²) >= 11 is 0. The number of hydrogen-bond donors (Lipinski definition) is 1. The molecule has 4 heteroatoms. The van der Waals surface area contributed by atoms with E-state index in [1.807, 2.05) is 37.3 Å². The fourth-order valence-corrected chi connectivity index (χ4v) is 2.72. The molecule has 1 aliphatic carbocycles. The number of carbonyl (C=O) groups is 2. The van der Waals surface area contributed by atoms with E-state index in [4.69, 9.17) is 0 Å². The molecule has 0 bridgehead atoms. The van der Waals surface area contributed by atoms with E-state index in [2.05, 4.69) is 12.2 Å². The molecule has 0 heterocycles. The van der Waals surface area contributed by atoms with Crippen molar-refractivity contribution in [2.24, 2.45) is 5.41 Å². The highest BCUT2D eigenvalue weighted by Gasteiger charge is 2.57. The number of amides is 2. The average Bonchev–Trinajstić information content (AvgIpc) is 3.35. The molecular formula is C18H26N2O2. The Morgan fingerprint density at radius 1 is 1.14 bits per heavy atom. The summed E-state index contributed by atoms with van der Waals surface area (Å²) in [6, 6.07) is 9.58. The second kappa shape index (κ2) is 7.43. The summed E-state index contributed by atoms with van der Waals surface area (Å²) in [5, 5.41) is 2.95. The number of carbonyl (C=O) groups excluding carboxylic acids is 2. The Morgan fingerprint density at radius 3 is 2.36 bits per heavy atom. The average molecular weight is 302 g/mol. The quantitative estimate of drug-likeness (QED) is 0.592. The van der Waals surface area contributed by atoms with Gasteiger partial charge in [-0.2, -0.15) is 0 Å². The molecule has 1 N–H and O–H groups in total. The summed E-state index contributed by atoms with van der Waals surface area (Å²) in [7, 11) is 0. The summed E-state index contributed by atoms with van der Waals surface area (Å²) in [6.45, 7) is 5.32. The topological polar surface area (TPSA) is 49.4 Å². The van der Waals surface area contributed by atoms with E-state index in [1.165, 1.54) is 0 Å². The lowest BCUT2D eigenvalue weighted by Gasteiger charge is -2.26. The molecular weight excluding hydrogens is 276 g/mol. The van der Waals surface area contributed by atoms with Gasteiger partial charge in [0.25, 0.3) is 0 Å². The first-order valence-electron chi connectivity index (χ1n) is 8.31. The number of nitrogens with zero attached hydrogens (tertiary/aromatic N) is 1. The minimum atomic E-state index is -0.821. The van der Waals surface area contributed by atoms with E-state index in [0.717, 1.165) is 24.9 Å². The first kappa shape index (κ1) is 16.5. The van der Waals surface area contributed by atoms with Crippen molar-refractivity contribution in [1.82, 2.24) is 5.32 Å². The van der Waals surface area contributed by atoms with Gasteiger partial charge in [0.1, 0.15) is 5.41 Å². The van der Waals surface area contributed by atoms with Crippen molar-refractivity contribution in [2.75, 3.05) is 18.0 Å². The first-order chi connectivity index (χ1) is 10.7. The number of nitrogens with one attached hydrogen (secondary N) is 1. The van der Waals surface area contributed by atoms with Crippen LogP contribution >= 0.6 is 0 Å². The van der Waals surface area contributed by atoms with Gasteiger partial charge in [-0.3, -0.25) is 9.59 Å². The van der Waals surface area contributed by atoms with Crippen LogP contribution in [0.2, 0.25) is 0 Å². The maximum absolute atomic E-state index is 12.9. The van der Waals surface area contributed by atoms with E-state index in [9.17, 15) is 9.59 Å². The van der Waals surface area contributed by atoms with Crippen molar-refractivity contribution in [3.05, 3.63) is 30.3 Å². The van der Waals surface area contributed by atoms with Gasteiger partial charge in [-0.1, -0.05) is 38.0 Å². The fraction of sp³-hybridized carbons (Fsp3) is 0.556. The highest BCUT2D eigenvalue weighted by molar-refractivity contribution is 6.14. The summed E-state index contributed by atoms with van der Waals surface area (Å²) in [6.07, 6.45) is 4.52. The Bertz CT molecular complexity index is 509. The second-order valence-electron chi connectivity index (χ2n) is 5.93. The van der Waals surface area contributed by atoms with Crippen LogP contribution in [0.4, 0.5) is 5.69 Å². The van der Waals surface area contributed by atoms with Crippen molar-refractivity contribution >= 4 is 17.5 Å². The molecule has 2 rings (SSSR count). The second-order valence-corrected chi connectivity index (χ2v) is 5.93. The standard InChI is InChI=1S/C18H26N2O2/c1-3-5-9-14-19-16(21)18(12-13-18)17(22)20(4-2)15-10-7-6-8-11-15/h6-8,10-11H,3-5,9,12-14H2,1-2H3,(H,19,21). The number of benzene rings is 1. The van der Waals surface area contributed by atoms with Crippen molar-refractivity contribution in [2.45, 2.75) is 46.0 Å². The Balaban J connectivity index is 2.02. The lowest BCUT2D eigenvalue weighted by molar-refractivity contribution is -0.135. The van der Waals surface area contributed by atoms with Crippen LogP contribution < -0.4 is 10.2 Å². The third kappa shape index (κ3) is 3.49. The Morgan fingerprint density at radius 2 is 1.82 bits per heavy atom. The van der Waals surface area contributed by atoms with Crippen LogP contribution in [-0.4, -0.2) is 24.9 Å². The monoisotopic (exact) mass is 302 g/mol. The maximum Gasteiger partial charge on any atom is 0.242 e.